The van der Waals surface area contributed by atoms with Crippen LogP contribution in [0.15, 0.2) is 42.5 Å². The predicted octanol–water partition coefficient (Wildman–Crippen LogP) is 2.55. The third kappa shape index (κ3) is 2.65. The van der Waals surface area contributed by atoms with Gasteiger partial charge in [0.05, 0.1) is 11.5 Å². The smallest absolute Gasteiger partial charge is 0.254 e. The van der Waals surface area contributed by atoms with Crippen molar-refractivity contribution in [2.24, 2.45) is 0 Å². The number of rotatable bonds is 3. The van der Waals surface area contributed by atoms with Crippen LogP contribution in [0.5, 0.6) is 0 Å². The Hall–Kier alpha value is -2.47. The molecule has 4 rings (SSSR count). The molecular weight excluding hydrogens is 350 g/mol. The maximum absolute atomic E-state index is 13.0. The van der Waals surface area contributed by atoms with Crippen LogP contribution in [-0.2, 0) is 9.84 Å². The number of benzene rings is 2. The highest BCUT2D eigenvalue weighted by atomic mass is 32.2. The first-order chi connectivity index (χ1) is 12.4. The highest BCUT2D eigenvalue weighted by molar-refractivity contribution is 7.91. The molecule has 1 aliphatic carbocycles. The number of amides is 1. The molecule has 2 aromatic carbocycles. The van der Waals surface area contributed by atoms with Crippen molar-refractivity contribution in [1.82, 2.24) is 4.90 Å². The molecule has 0 radical (unpaired) electrons. The van der Waals surface area contributed by atoms with Gasteiger partial charge in [0, 0.05) is 29.3 Å². The number of sulfone groups is 1. The molecule has 2 aromatic rings. The Labute approximate surface area is 152 Å². The molecule has 26 heavy (non-hydrogen) atoms. The van der Waals surface area contributed by atoms with Crippen LogP contribution in [0.2, 0.25) is 0 Å². The molecule has 1 fully saturated rings. The van der Waals surface area contributed by atoms with Gasteiger partial charge >= 0.3 is 0 Å². The van der Waals surface area contributed by atoms with E-state index in [2.05, 4.69) is 0 Å². The average molecular weight is 369 g/mol. The van der Waals surface area contributed by atoms with E-state index in [9.17, 15) is 18.0 Å². The van der Waals surface area contributed by atoms with Gasteiger partial charge in [-0.3, -0.25) is 9.59 Å². The molecule has 1 unspecified atom stereocenters. The van der Waals surface area contributed by atoms with Crippen molar-refractivity contribution in [3.63, 3.8) is 0 Å². The Balaban J connectivity index is 1.67. The summed E-state index contributed by atoms with van der Waals surface area (Å²) in [4.78, 5) is 27.2. The summed E-state index contributed by atoms with van der Waals surface area (Å²) < 4.78 is 23.5. The van der Waals surface area contributed by atoms with Crippen LogP contribution in [0.4, 0.5) is 0 Å². The molecule has 1 amide bonds. The van der Waals surface area contributed by atoms with Crippen molar-refractivity contribution in [1.29, 1.82) is 0 Å². The second kappa shape index (κ2) is 6.06. The Kier molecular flexibility index (Phi) is 3.95. The molecule has 0 bridgehead atoms. The molecule has 1 heterocycles. The summed E-state index contributed by atoms with van der Waals surface area (Å²) in [5, 5.41) is 0. The quantitative estimate of drug-likeness (QED) is 0.711. The minimum atomic E-state index is -3.07. The Morgan fingerprint density at radius 3 is 2.42 bits per heavy atom. The molecule has 134 valence electrons. The van der Waals surface area contributed by atoms with Gasteiger partial charge in [0.25, 0.3) is 5.91 Å². The van der Waals surface area contributed by atoms with Crippen LogP contribution >= 0.6 is 0 Å². The van der Waals surface area contributed by atoms with Gasteiger partial charge in [-0.15, -0.1) is 0 Å². The number of carbonyl (C=O) groups is 2. The topological polar surface area (TPSA) is 71.5 Å². The third-order valence-corrected chi connectivity index (χ3v) is 6.97. The lowest BCUT2D eigenvalue weighted by molar-refractivity contribution is 0.0708. The second-order valence-corrected chi connectivity index (χ2v) is 9.01. The van der Waals surface area contributed by atoms with Gasteiger partial charge < -0.3 is 4.90 Å². The van der Waals surface area contributed by atoms with E-state index >= 15 is 0 Å². The summed E-state index contributed by atoms with van der Waals surface area (Å²) in [6.07, 6.45) is 0.469. The third-order valence-electron chi connectivity index (χ3n) is 5.22. The van der Waals surface area contributed by atoms with E-state index in [1.54, 1.807) is 23.1 Å². The molecule has 0 N–H and O–H groups in total. The molecule has 1 aliphatic heterocycles. The molecule has 0 spiro atoms. The van der Waals surface area contributed by atoms with Gasteiger partial charge in [-0.2, -0.15) is 0 Å². The number of ketones is 1. The SMILES string of the molecule is CCN(C(=O)c1ccc2c(c1)C(=O)c1ccccc1-2)C1CCS(=O)(=O)C1. The highest BCUT2D eigenvalue weighted by Crippen LogP contribution is 2.37. The lowest BCUT2D eigenvalue weighted by Crippen LogP contribution is -2.41. The van der Waals surface area contributed by atoms with Gasteiger partial charge in [-0.1, -0.05) is 30.3 Å². The zero-order chi connectivity index (χ0) is 18.5. The van der Waals surface area contributed by atoms with Crippen molar-refractivity contribution in [3.8, 4) is 11.1 Å². The normalized spacial score (nSPS) is 19.9. The van der Waals surface area contributed by atoms with Crippen molar-refractivity contribution >= 4 is 21.5 Å². The van der Waals surface area contributed by atoms with Crippen molar-refractivity contribution in [2.75, 3.05) is 18.1 Å². The van der Waals surface area contributed by atoms with E-state index in [0.717, 1.165) is 11.1 Å². The molecule has 6 heteroatoms. The van der Waals surface area contributed by atoms with E-state index in [-0.39, 0.29) is 29.2 Å². The fraction of sp³-hybridized carbons (Fsp3) is 0.300. The molecule has 0 saturated carbocycles. The zero-order valence-electron chi connectivity index (χ0n) is 14.4. The highest BCUT2D eigenvalue weighted by Gasteiger charge is 2.35. The molecule has 1 atom stereocenters. The average Bonchev–Trinajstić information content (AvgIpc) is 3.13. The van der Waals surface area contributed by atoms with Crippen LogP contribution in [-0.4, -0.2) is 49.1 Å². The van der Waals surface area contributed by atoms with Crippen LogP contribution in [0.3, 0.4) is 0 Å². The van der Waals surface area contributed by atoms with Crippen LogP contribution in [0.25, 0.3) is 11.1 Å². The molecule has 2 aliphatic rings. The largest absolute Gasteiger partial charge is 0.335 e. The molecular formula is C20H19NO4S. The van der Waals surface area contributed by atoms with E-state index < -0.39 is 9.84 Å². The number of fused-ring (bicyclic) bond motifs is 3. The van der Waals surface area contributed by atoms with Crippen molar-refractivity contribution in [3.05, 3.63) is 59.2 Å². The van der Waals surface area contributed by atoms with Gasteiger partial charge in [-0.05, 0) is 36.6 Å². The number of hydrogen-bond donors (Lipinski definition) is 0. The van der Waals surface area contributed by atoms with Gasteiger partial charge in [0.1, 0.15) is 0 Å². The number of nitrogens with zero attached hydrogens (tertiary/aromatic N) is 1. The lowest BCUT2D eigenvalue weighted by Gasteiger charge is -2.27. The minimum Gasteiger partial charge on any atom is -0.335 e. The maximum Gasteiger partial charge on any atom is 0.254 e. The van der Waals surface area contributed by atoms with Gasteiger partial charge in [0.15, 0.2) is 15.6 Å². The first-order valence-electron chi connectivity index (χ1n) is 8.71. The summed E-state index contributed by atoms with van der Waals surface area (Å²) in [5.41, 5.74) is 3.35. The van der Waals surface area contributed by atoms with Crippen LogP contribution in [0, 0.1) is 0 Å². The van der Waals surface area contributed by atoms with Gasteiger partial charge in [-0.25, -0.2) is 8.42 Å². The van der Waals surface area contributed by atoms with E-state index in [0.29, 0.717) is 29.7 Å². The number of hydrogen-bond acceptors (Lipinski definition) is 4. The monoisotopic (exact) mass is 369 g/mol. The molecule has 5 nitrogen and oxygen atoms in total. The van der Waals surface area contributed by atoms with Crippen molar-refractivity contribution < 1.29 is 18.0 Å². The Morgan fingerprint density at radius 1 is 1.08 bits per heavy atom. The van der Waals surface area contributed by atoms with Crippen molar-refractivity contribution in [2.45, 2.75) is 19.4 Å². The number of carbonyl (C=O) groups excluding carboxylic acids is 2. The van der Waals surface area contributed by atoms with Gasteiger partial charge in [0.2, 0.25) is 0 Å². The zero-order valence-corrected chi connectivity index (χ0v) is 15.3. The standard InChI is InChI=1S/C20H19NO4S/c1-2-21(14-9-10-26(24,25)12-14)20(23)13-7-8-16-15-5-3-4-6-17(15)19(22)18(16)11-13/h3-8,11,14H,2,9-10,12H2,1H3. The molecule has 0 aromatic heterocycles. The van der Waals surface area contributed by atoms with Crippen LogP contribution in [0.1, 0.15) is 39.6 Å². The maximum atomic E-state index is 13.0. The predicted molar refractivity (Wildman–Crippen MR) is 99.1 cm³/mol. The summed E-state index contributed by atoms with van der Waals surface area (Å²) in [6.45, 7) is 2.28. The first kappa shape index (κ1) is 17.0. The summed E-state index contributed by atoms with van der Waals surface area (Å²) in [6, 6.07) is 12.3. The Morgan fingerprint density at radius 2 is 1.77 bits per heavy atom. The van der Waals surface area contributed by atoms with E-state index in [4.69, 9.17) is 0 Å². The minimum absolute atomic E-state index is 0.0158. The molecule has 1 saturated heterocycles. The Bertz CT molecular complexity index is 1030. The van der Waals surface area contributed by atoms with E-state index in [1.165, 1.54) is 0 Å². The first-order valence-corrected chi connectivity index (χ1v) is 10.5. The fourth-order valence-electron chi connectivity index (χ4n) is 3.92. The van der Waals surface area contributed by atoms with Crippen LogP contribution < -0.4 is 0 Å². The summed E-state index contributed by atoms with van der Waals surface area (Å²) >= 11 is 0. The van der Waals surface area contributed by atoms with E-state index in [1.807, 2.05) is 31.2 Å². The fourth-order valence-corrected chi connectivity index (χ4v) is 5.65. The summed E-state index contributed by atoms with van der Waals surface area (Å²) in [7, 11) is -3.07. The second-order valence-electron chi connectivity index (χ2n) is 6.78. The lowest BCUT2D eigenvalue weighted by atomic mass is 10.0. The summed E-state index contributed by atoms with van der Waals surface area (Å²) in [5.74, 6) is -0.153.